The number of Topliss-reactive ketones (excluding diaryl/α,β-unsaturated/α-hetero) is 1. The van der Waals surface area contributed by atoms with E-state index in [0.29, 0.717) is 6.67 Å². The summed E-state index contributed by atoms with van der Waals surface area (Å²) in [6.07, 6.45) is -0.538. The number of aliphatic hydroxyl groups is 1. The van der Waals surface area contributed by atoms with E-state index in [0.717, 1.165) is 9.13 Å². The molecule has 1 aromatic rings. The zero-order valence-corrected chi connectivity index (χ0v) is 11.6. The summed E-state index contributed by atoms with van der Waals surface area (Å²) in [5.41, 5.74) is 0.723. The maximum Gasteiger partial charge on any atom is 0.213 e. The monoisotopic (exact) mass is 360 g/mol. The number of carbonyl (C=O) groups excluding carboxylic acids is 2. The molecule has 0 bridgehead atoms. The second-order valence-corrected chi connectivity index (χ2v) is 5.35. The predicted molar refractivity (Wildman–Crippen MR) is 73.9 cm³/mol. The van der Waals surface area contributed by atoms with Gasteiger partial charge in [0.2, 0.25) is 5.78 Å². The van der Waals surface area contributed by atoms with Gasteiger partial charge in [0.15, 0.2) is 6.29 Å². The number of hydrogen-bond donors (Lipinski definition) is 3. The van der Waals surface area contributed by atoms with Gasteiger partial charge in [-0.25, -0.2) is 0 Å². The third-order valence-electron chi connectivity index (χ3n) is 2.99. The van der Waals surface area contributed by atoms with E-state index in [9.17, 15) is 14.7 Å². The van der Waals surface area contributed by atoms with Gasteiger partial charge < -0.3 is 5.11 Å². The molecular weight excluding hydrogens is 347 g/mol. The molecule has 1 aliphatic heterocycles. The van der Waals surface area contributed by atoms with Crippen molar-refractivity contribution in [3.05, 3.63) is 33.4 Å². The molecule has 0 aliphatic carbocycles. The summed E-state index contributed by atoms with van der Waals surface area (Å²) >= 11 is 2.18. The molecule has 3 atom stereocenters. The Hall–Kier alpha value is -0.830. The van der Waals surface area contributed by atoms with Crippen molar-refractivity contribution in [3.8, 4) is 0 Å². The lowest BCUT2D eigenvalue weighted by Crippen LogP contribution is -2.44. The molecule has 0 saturated carbocycles. The Morgan fingerprint density at radius 2 is 2.06 bits per heavy atom. The van der Waals surface area contributed by atoms with Crippen molar-refractivity contribution in [2.45, 2.75) is 18.2 Å². The number of rotatable bonds is 4. The van der Waals surface area contributed by atoms with E-state index in [2.05, 4.69) is 33.2 Å². The van der Waals surface area contributed by atoms with E-state index in [4.69, 9.17) is 0 Å². The van der Waals surface area contributed by atoms with E-state index in [1.54, 1.807) is 0 Å². The van der Waals surface area contributed by atoms with E-state index >= 15 is 0 Å². The molecule has 0 aromatic heterocycles. The molecule has 0 amide bonds. The first-order chi connectivity index (χ1) is 8.63. The lowest BCUT2D eigenvalue weighted by Gasteiger charge is -2.22. The van der Waals surface area contributed by atoms with Gasteiger partial charge in [-0.2, -0.15) is 0 Å². The third-order valence-corrected chi connectivity index (χ3v) is 3.71. The second kappa shape index (κ2) is 5.87. The normalized spacial score (nSPS) is 24.8. The fourth-order valence-electron chi connectivity index (χ4n) is 2.04. The molecular formula is C12H13IN2O3. The minimum atomic E-state index is -0.828. The van der Waals surface area contributed by atoms with Gasteiger partial charge in [-0.1, -0.05) is 12.1 Å². The van der Waals surface area contributed by atoms with Gasteiger partial charge in [0.25, 0.3) is 0 Å². The van der Waals surface area contributed by atoms with Crippen molar-refractivity contribution >= 4 is 34.7 Å². The average Bonchev–Trinajstić information content (AvgIpc) is 2.87. The first-order valence-electron chi connectivity index (χ1n) is 5.53. The van der Waals surface area contributed by atoms with Crippen LogP contribution >= 0.6 is 22.6 Å². The van der Waals surface area contributed by atoms with Crippen LogP contribution in [0.3, 0.4) is 0 Å². The highest BCUT2D eigenvalue weighted by Crippen LogP contribution is 2.22. The molecule has 6 heteroatoms. The van der Waals surface area contributed by atoms with Crippen LogP contribution in [0.1, 0.15) is 11.7 Å². The smallest absolute Gasteiger partial charge is 0.213 e. The van der Waals surface area contributed by atoms with Gasteiger partial charge in [-0.15, -0.1) is 0 Å². The Morgan fingerprint density at radius 1 is 1.39 bits per heavy atom. The fourth-order valence-corrected chi connectivity index (χ4v) is 2.40. The number of aldehydes is 1. The number of ketones is 1. The summed E-state index contributed by atoms with van der Waals surface area (Å²) in [6, 6.07) is 6.25. The standard InChI is InChI=1S/C12H13IN2O3/c13-8-3-1-7(2-4-8)12(18)11-10(9(17)5-16)14-6-15-11/h1-5,10-12,14-15,18H,6H2. The highest BCUT2D eigenvalue weighted by atomic mass is 127. The average molecular weight is 360 g/mol. The molecule has 5 nitrogen and oxygen atoms in total. The minimum absolute atomic E-state index is 0.290. The number of nitrogens with one attached hydrogen (secondary N) is 2. The molecule has 1 heterocycles. The maximum absolute atomic E-state index is 11.4. The Bertz CT molecular complexity index is 449. The van der Waals surface area contributed by atoms with Gasteiger partial charge in [0.1, 0.15) is 0 Å². The Balaban J connectivity index is 2.17. The Kier molecular flexibility index (Phi) is 4.44. The topological polar surface area (TPSA) is 78.4 Å². The van der Waals surface area contributed by atoms with Crippen molar-refractivity contribution in [1.29, 1.82) is 0 Å². The van der Waals surface area contributed by atoms with Gasteiger partial charge in [0, 0.05) is 10.2 Å². The molecule has 1 saturated heterocycles. The summed E-state index contributed by atoms with van der Waals surface area (Å²) in [5, 5.41) is 16.1. The minimum Gasteiger partial charge on any atom is -0.387 e. The number of carbonyl (C=O) groups is 2. The van der Waals surface area contributed by atoms with Crippen LogP contribution in [0.5, 0.6) is 0 Å². The summed E-state index contributed by atoms with van der Waals surface area (Å²) in [4.78, 5) is 22.0. The van der Waals surface area contributed by atoms with Crippen LogP contribution in [0.25, 0.3) is 0 Å². The van der Waals surface area contributed by atoms with E-state index in [1.807, 2.05) is 24.3 Å². The van der Waals surface area contributed by atoms with E-state index < -0.39 is 24.0 Å². The van der Waals surface area contributed by atoms with Crippen molar-refractivity contribution in [1.82, 2.24) is 10.6 Å². The SMILES string of the molecule is O=CC(=O)C1NCNC1C(O)c1ccc(I)cc1. The summed E-state index contributed by atoms with van der Waals surface area (Å²) in [7, 11) is 0. The highest BCUT2D eigenvalue weighted by Gasteiger charge is 2.37. The van der Waals surface area contributed by atoms with Gasteiger partial charge in [0.05, 0.1) is 18.2 Å². The van der Waals surface area contributed by atoms with Gasteiger partial charge >= 0.3 is 0 Å². The van der Waals surface area contributed by atoms with Crippen LogP contribution in [-0.2, 0) is 9.59 Å². The largest absolute Gasteiger partial charge is 0.387 e. The van der Waals surface area contributed by atoms with E-state index in [1.165, 1.54) is 0 Å². The van der Waals surface area contributed by atoms with Gasteiger partial charge in [-0.05, 0) is 40.3 Å². The number of halogens is 1. The van der Waals surface area contributed by atoms with E-state index in [-0.39, 0.29) is 6.29 Å². The first kappa shape index (κ1) is 13.6. The van der Waals surface area contributed by atoms with Crippen molar-refractivity contribution in [3.63, 3.8) is 0 Å². The Labute approximate surface area is 118 Å². The van der Waals surface area contributed by atoms with Crippen molar-refractivity contribution in [2.75, 3.05) is 6.67 Å². The van der Waals surface area contributed by atoms with Gasteiger partial charge in [-0.3, -0.25) is 20.2 Å². The number of hydrogen-bond acceptors (Lipinski definition) is 5. The zero-order chi connectivity index (χ0) is 13.1. The number of benzene rings is 1. The van der Waals surface area contributed by atoms with Crippen LogP contribution in [0, 0.1) is 3.57 Å². The molecule has 1 aliphatic rings. The zero-order valence-electron chi connectivity index (χ0n) is 9.47. The van der Waals surface area contributed by atoms with Crippen LogP contribution in [-0.4, -0.2) is 35.9 Å². The van der Waals surface area contributed by atoms with Crippen molar-refractivity contribution < 1.29 is 14.7 Å². The summed E-state index contributed by atoms with van der Waals surface area (Å²) in [6.45, 7) is 0.399. The lowest BCUT2D eigenvalue weighted by molar-refractivity contribution is -0.131. The third kappa shape index (κ3) is 2.77. The molecule has 1 fully saturated rings. The molecule has 0 radical (unpaired) electrons. The second-order valence-electron chi connectivity index (χ2n) is 4.11. The van der Waals surface area contributed by atoms with Crippen LogP contribution in [0.2, 0.25) is 0 Å². The Morgan fingerprint density at radius 3 is 2.67 bits per heavy atom. The maximum atomic E-state index is 11.4. The first-order valence-corrected chi connectivity index (χ1v) is 6.60. The molecule has 1 aromatic carbocycles. The molecule has 3 unspecified atom stereocenters. The molecule has 3 N–H and O–H groups in total. The molecule has 2 rings (SSSR count). The predicted octanol–water partition coefficient (Wildman–Crippen LogP) is -0.0199. The fraction of sp³-hybridized carbons (Fsp3) is 0.333. The van der Waals surface area contributed by atoms with Crippen LogP contribution in [0.15, 0.2) is 24.3 Å². The highest BCUT2D eigenvalue weighted by molar-refractivity contribution is 14.1. The molecule has 96 valence electrons. The lowest BCUT2D eigenvalue weighted by atomic mass is 9.95. The van der Waals surface area contributed by atoms with Crippen LogP contribution < -0.4 is 10.6 Å². The molecule has 18 heavy (non-hydrogen) atoms. The number of aliphatic hydroxyl groups excluding tert-OH is 1. The van der Waals surface area contributed by atoms with Crippen LogP contribution in [0.4, 0.5) is 0 Å². The molecule has 0 spiro atoms. The van der Waals surface area contributed by atoms with Crippen molar-refractivity contribution in [2.24, 2.45) is 0 Å². The summed E-state index contributed by atoms with van der Waals surface area (Å²) < 4.78 is 1.07. The summed E-state index contributed by atoms with van der Waals surface area (Å²) in [5.74, 6) is -0.547. The quantitative estimate of drug-likeness (QED) is 0.400.